The van der Waals surface area contributed by atoms with Crippen molar-refractivity contribution in [2.45, 2.75) is 27.4 Å². The van der Waals surface area contributed by atoms with Crippen LogP contribution in [0.5, 0.6) is 11.5 Å². The maximum Gasteiger partial charge on any atom is 0.363 e. The van der Waals surface area contributed by atoms with E-state index in [1.807, 2.05) is 68.4 Å². The van der Waals surface area contributed by atoms with Crippen LogP contribution in [0.4, 0.5) is 0 Å². The molecule has 3 aromatic rings. The highest BCUT2D eigenvalue weighted by molar-refractivity contribution is 6.12. The lowest BCUT2D eigenvalue weighted by Crippen LogP contribution is -2.05. The first-order valence-corrected chi connectivity index (χ1v) is 10.6. The van der Waals surface area contributed by atoms with Crippen LogP contribution in [0.1, 0.15) is 34.7 Å². The Morgan fingerprint density at radius 1 is 0.906 bits per heavy atom. The van der Waals surface area contributed by atoms with E-state index >= 15 is 0 Å². The van der Waals surface area contributed by atoms with Crippen LogP contribution >= 0.6 is 0 Å². The summed E-state index contributed by atoms with van der Waals surface area (Å²) in [7, 11) is 0. The minimum atomic E-state index is -0.473. The molecule has 0 unspecified atom stereocenters. The van der Waals surface area contributed by atoms with Crippen LogP contribution < -0.4 is 9.47 Å². The third kappa shape index (κ3) is 5.06. The predicted octanol–water partition coefficient (Wildman–Crippen LogP) is 5.63. The molecule has 32 heavy (non-hydrogen) atoms. The van der Waals surface area contributed by atoms with E-state index in [1.54, 1.807) is 6.08 Å². The van der Waals surface area contributed by atoms with E-state index in [9.17, 15) is 4.79 Å². The van der Waals surface area contributed by atoms with Crippen molar-refractivity contribution in [1.29, 1.82) is 0 Å². The number of ether oxygens (including phenoxy) is 3. The van der Waals surface area contributed by atoms with E-state index in [2.05, 4.69) is 24.0 Å². The lowest BCUT2D eigenvalue weighted by molar-refractivity contribution is -0.129. The summed E-state index contributed by atoms with van der Waals surface area (Å²) in [5.41, 5.74) is 5.16. The molecule has 3 aromatic carbocycles. The summed E-state index contributed by atoms with van der Waals surface area (Å²) in [4.78, 5) is 16.7. The summed E-state index contributed by atoms with van der Waals surface area (Å²) < 4.78 is 17.1. The number of nitrogens with zero attached hydrogens (tertiary/aromatic N) is 1. The zero-order chi connectivity index (χ0) is 22.5. The van der Waals surface area contributed by atoms with Gasteiger partial charge in [-0.25, -0.2) is 9.79 Å². The van der Waals surface area contributed by atoms with Gasteiger partial charge >= 0.3 is 5.97 Å². The molecule has 0 spiro atoms. The fraction of sp³-hybridized carbons (Fsp3) is 0.185. The lowest BCUT2D eigenvalue weighted by atomic mass is 10.1. The van der Waals surface area contributed by atoms with Gasteiger partial charge in [0.05, 0.1) is 6.61 Å². The smallest absolute Gasteiger partial charge is 0.363 e. The Balaban J connectivity index is 1.55. The van der Waals surface area contributed by atoms with Crippen LogP contribution in [0.2, 0.25) is 0 Å². The van der Waals surface area contributed by atoms with Gasteiger partial charge < -0.3 is 14.2 Å². The second-order valence-corrected chi connectivity index (χ2v) is 7.62. The molecule has 1 aliphatic rings. The van der Waals surface area contributed by atoms with Crippen LogP contribution in [0, 0.1) is 13.8 Å². The largest absolute Gasteiger partial charge is 0.490 e. The third-order valence-corrected chi connectivity index (χ3v) is 4.97. The molecule has 0 N–H and O–H groups in total. The van der Waals surface area contributed by atoms with Crippen LogP contribution in [-0.2, 0) is 16.1 Å². The highest BCUT2D eigenvalue weighted by Gasteiger charge is 2.24. The molecule has 0 aromatic heterocycles. The van der Waals surface area contributed by atoms with Crippen LogP contribution in [0.25, 0.3) is 6.08 Å². The Labute approximate surface area is 188 Å². The Kier molecular flexibility index (Phi) is 6.36. The van der Waals surface area contributed by atoms with E-state index in [4.69, 9.17) is 14.2 Å². The average molecular weight is 428 g/mol. The molecule has 0 radical (unpaired) electrons. The van der Waals surface area contributed by atoms with Gasteiger partial charge in [-0.1, -0.05) is 53.6 Å². The second kappa shape index (κ2) is 9.52. The second-order valence-electron chi connectivity index (χ2n) is 7.62. The molecule has 1 heterocycles. The van der Waals surface area contributed by atoms with Crippen molar-refractivity contribution in [2.75, 3.05) is 6.61 Å². The number of hydrogen-bond acceptors (Lipinski definition) is 5. The number of carbonyl (C=O) groups is 1. The Morgan fingerprint density at radius 3 is 2.47 bits per heavy atom. The van der Waals surface area contributed by atoms with E-state index in [0.29, 0.717) is 30.6 Å². The van der Waals surface area contributed by atoms with E-state index in [0.717, 1.165) is 22.3 Å². The normalized spacial score (nSPS) is 14.3. The number of carbonyl (C=O) groups excluding carboxylic acids is 1. The van der Waals surface area contributed by atoms with Gasteiger partial charge in [-0.15, -0.1) is 0 Å². The zero-order valence-electron chi connectivity index (χ0n) is 18.4. The van der Waals surface area contributed by atoms with Gasteiger partial charge in [0.1, 0.15) is 6.61 Å². The fourth-order valence-electron chi connectivity index (χ4n) is 3.32. The molecule has 4 rings (SSSR count). The van der Waals surface area contributed by atoms with Crippen LogP contribution in [0.15, 0.2) is 77.4 Å². The molecule has 162 valence electrons. The minimum absolute atomic E-state index is 0.247. The molecule has 0 bridgehead atoms. The molecule has 0 aliphatic carbocycles. The Hall–Kier alpha value is -3.86. The van der Waals surface area contributed by atoms with Gasteiger partial charge in [0.15, 0.2) is 17.2 Å². The molecule has 0 saturated carbocycles. The van der Waals surface area contributed by atoms with Crippen molar-refractivity contribution < 1.29 is 19.0 Å². The zero-order valence-corrected chi connectivity index (χ0v) is 18.4. The first-order chi connectivity index (χ1) is 15.5. The number of cyclic esters (lactones) is 1. The van der Waals surface area contributed by atoms with Crippen LogP contribution in [-0.4, -0.2) is 18.5 Å². The molecular weight excluding hydrogens is 402 g/mol. The molecule has 0 amide bonds. The number of benzene rings is 3. The van der Waals surface area contributed by atoms with Crippen molar-refractivity contribution in [3.05, 3.63) is 100 Å². The monoisotopic (exact) mass is 427 g/mol. The van der Waals surface area contributed by atoms with Gasteiger partial charge in [0.25, 0.3) is 0 Å². The van der Waals surface area contributed by atoms with Crippen molar-refractivity contribution in [2.24, 2.45) is 4.99 Å². The summed E-state index contributed by atoms with van der Waals surface area (Å²) in [6, 6.07) is 21.5. The summed E-state index contributed by atoms with van der Waals surface area (Å²) in [5.74, 6) is 1.10. The van der Waals surface area contributed by atoms with Crippen molar-refractivity contribution in [3.8, 4) is 11.5 Å². The number of rotatable bonds is 7. The summed E-state index contributed by atoms with van der Waals surface area (Å²) in [6.07, 6.45) is 1.69. The Morgan fingerprint density at radius 2 is 1.72 bits per heavy atom. The maximum absolute atomic E-state index is 12.3. The van der Waals surface area contributed by atoms with Crippen molar-refractivity contribution in [3.63, 3.8) is 0 Å². The third-order valence-electron chi connectivity index (χ3n) is 4.97. The molecule has 0 atom stereocenters. The number of hydrogen-bond donors (Lipinski definition) is 0. The number of esters is 1. The van der Waals surface area contributed by atoms with Gasteiger partial charge in [0, 0.05) is 5.56 Å². The topological polar surface area (TPSA) is 57.1 Å². The van der Waals surface area contributed by atoms with E-state index < -0.39 is 5.97 Å². The molecule has 5 nitrogen and oxygen atoms in total. The first kappa shape index (κ1) is 21.4. The lowest BCUT2D eigenvalue weighted by Gasteiger charge is -2.13. The number of aryl methyl sites for hydroxylation is 2. The molecule has 5 heteroatoms. The maximum atomic E-state index is 12.3. The fourth-order valence-corrected chi connectivity index (χ4v) is 3.32. The molecule has 1 aliphatic heterocycles. The summed E-state index contributed by atoms with van der Waals surface area (Å²) in [5, 5.41) is 0. The standard InChI is InChI=1S/C27H25NO4/c1-4-30-25-16-21(12-13-24(25)31-17-20-10-8-18(2)9-11-20)15-23-27(29)32-26(28-23)22-7-5-6-19(3)14-22/h5-16H,4,17H2,1-3H3. The SMILES string of the molecule is CCOc1cc(C=C2N=C(c3cccc(C)c3)OC2=O)ccc1OCc1ccc(C)cc1. The van der Waals surface area contributed by atoms with Gasteiger partial charge in [-0.3, -0.25) is 0 Å². The van der Waals surface area contributed by atoms with Crippen molar-refractivity contribution >= 4 is 17.9 Å². The van der Waals surface area contributed by atoms with E-state index in [1.165, 1.54) is 5.56 Å². The van der Waals surface area contributed by atoms with Gasteiger partial charge in [-0.2, -0.15) is 0 Å². The highest BCUT2D eigenvalue weighted by atomic mass is 16.6. The number of aliphatic imine (C=N–C) groups is 1. The molecule has 0 fully saturated rings. The quantitative estimate of drug-likeness (QED) is 0.362. The summed E-state index contributed by atoms with van der Waals surface area (Å²) >= 11 is 0. The minimum Gasteiger partial charge on any atom is -0.490 e. The van der Waals surface area contributed by atoms with Gasteiger partial charge in [0.2, 0.25) is 5.90 Å². The predicted molar refractivity (Wildman–Crippen MR) is 125 cm³/mol. The Bertz CT molecular complexity index is 1190. The first-order valence-electron chi connectivity index (χ1n) is 10.6. The van der Waals surface area contributed by atoms with Crippen molar-refractivity contribution in [1.82, 2.24) is 0 Å². The highest BCUT2D eigenvalue weighted by Crippen LogP contribution is 2.31. The van der Waals surface area contributed by atoms with Crippen LogP contribution in [0.3, 0.4) is 0 Å². The average Bonchev–Trinajstić information content (AvgIpc) is 3.15. The van der Waals surface area contributed by atoms with E-state index in [-0.39, 0.29) is 5.70 Å². The molecule has 0 saturated heterocycles. The van der Waals surface area contributed by atoms with Gasteiger partial charge in [-0.05, 0) is 62.2 Å². The molecular formula is C27H25NO4. The summed E-state index contributed by atoms with van der Waals surface area (Å²) in [6.45, 7) is 6.89.